The number of nitrogens with two attached hydrogens (primary N) is 1. The number of nitriles is 1. The molecule has 0 aliphatic carbocycles. The van der Waals surface area contributed by atoms with Crippen LogP contribution >= 0.6 is 0 Å². The molecule has 2 aromatic rings. The van der Waals surface area contributed by atoms with Crippen LogP contribution in [0, 0.1) is 17.1 Å². The summed E-state index contributed by atoms with van der Waals surface area (Å²) < 4.78 is 38.0. The SMILES string of the molecule is N#Cc1ccc(CS(=O)(=O)c2ccc(N)cc2)c(F)c1. The summed E-state index contributed by atoms with van der Waals surface area (Å²) >= 11 is 0. The van der Waals surface area contributed by atoms with Gasteiger partial charge in [0.05, 0.1) is 22.3 Å². The van der Waals surface area contributed by atoms with Crippen LogP contribution in [0.15, 0.2) is 47.4 Å². The van der Waals surface area contributed by atoms with E-state index in [0.717, 1.165) is 6.07 Å². The van der Waals surface area contributed by atoms with Crippen molar-refractivity contribution >= 4 is 15.5 Å². The summed E-state index contributed by atoms with van der Waals surface area (Å²) in [6, 6.07) is 11.2. The predicted molar refractivity (Wildman–Crippen MR) is 72.9 cm³/mol. The minimum Gasteiger partial charge on any atom is -0.399 e. The fourth-order valence-electron chi connectivity index (χ4n) is 1.70. The number of nitrogen functional groups attached to an aromatic ring is 1. The number of benzene rings is 2. The molecule has 0 aliphatic rings. The molecule has 0 radical (unpaired) electrons. The first-order valence-corrected chi connectivity index (χ1v) is 7.34. The van der Waals surface area contributed by atoms with Gasteiger partial charge in [-0.15, -0.1) is 0 Å². The molecule has 0 saturated heterocycles. The minimum absolute atomic E-state index is 0.0285. The Labute approximate surface area is 116 Å². The van der Waals surface area contributed by atoms with Crippen molar-refractivity contribution in [1.82, 2.24) is 0 Å². The molecular weight excluding hydrogens is 279 g/mol. The molecule has 0 aromatic heterocycles. The van der Waals surface area contributed by atoms with E-state index in [-0.39, 0.29) is 16.0 Å². The first-order chi connectivity index (χ1) is 9.42. The third-order valence-electron chi connectivity index (χ3n) is 2.77. The predicted octanol–water partition coefficient (Wildman–Crippen LogP) is 2.25. The number of hydrogen-bond acceptors (Lipinski definition) is 4. The van der Waals surface area contributed by atoms with Gasteiger partial charge in [-0.2, -0.15) is 5.26 Å². The first-order valence-electron chi connectivity index (χ1n) is 5.69. The molecule has 6 heteroatoms. The standard InChI is InChI=1S/C14H11FN2O2S/c15-14-7-10(8-16)1-2-11(14)9-20(18,19)13-5-3-12(17)4-6-13/h1-7H,9,17H2. The van der Waals surface area contributed by atoms with Crippen LogP contribution < -0.4 is 5.73 Å². The Morgan fingerprint density at radius 1 is 1.15 bits per heavy atom. The second-order valence-corrected chi connectivity index (χ2v) is 6.24. The molecule has 0 heterocycles. The zero-order chi connectivity index (χ0) is 14.8. The third kappa shape index (κ3) is 2.95. The van der Waals surface area contributed by atoms with Crippen molar-refractivity contribution in [1.29, 1.82) is 5.26 Å². The van der Waals surface area contributed by atoms with Crippen molar-refractivity contribution < 1.29 is 12.8 Å². The van der Waals surface area contributed by atoms with Crippen LogP contribution in [0.3, 0.4) is 0 Å². The quantitative estimate of drug-likeness (QED) is 0.879. The third-order valence-corrected chi connectivity index (χ3v) is 4.45. The molecule has 0 saturated carbocycles. The summed E-state index contributed by atoms with van der Waals surface area (Å²) in [6.07, 6.45) is 0. The fraction of sp³-hybridized carbons (Fsp3) is 0.0714. The lowest BCUT2D eigenvalue weighted by atomic mass is 10.1. The topological polar surface area (TPSA) is 84.0 Å². The van der Waals surface area contributed by atoms with E-state index in [1.165, 1.54) is 36.4 Å². The van der Waals surface area contributed by atoms with Gasteiger partial charge in [-0.05, 0) is 36.4 Å². The number of rotatable bonds is 3. The number of hydrogen-bond donors (Lipinski definition) is 1. The van der Waals surface area contributed by atoms with Gasteiger partial charge in [0.2, 0.25) is 0 Å². The average Bonchev–Trinajstić information content (AvgIpc) is 2.41. The number of nitrogens with zero attached hydrogens (tertiary/aromatic N) is 1. The highest BCUT2D eigenvalue weighted by molar-refractivity contribution is 7.90. The van der Waals surface area contributed by atoms with Crippen molar-refractivity contribution in [3.05, 3.63) is 59.4 Å². The molecule has 0 amide bonds. The van der Waals surface area contributed by atoms with E-state index >= 15 is 0 Å². The van der Waals surface area contributed by atoms with Crippen LogP contribution in [0.4, 0.5) is 10.1 Å². The Bertz CT molecular complexity index is 778. The highest BCUT2D eigenvalue weighted by Crippen LogP contribution is 2.20. The Hall–Kier alpha value is -2.39. The van der Waals surface area contributed by atoms with E-state index in [0.29, 0.717) is 5.69 Å². The first kappa shape index (κ1) is 14.0. The van der Waals surface area contributed by atoms with Crippen molar-refractivity contribution in [2.24, 2.45) is 0 Å². The second-order valence-electron chi connectivity index (χ2n) is 4.25. The molecule has 0 unspecified atom stereocenters. The summed E-state index contributed by atoms with van der Waals surface area (Å²) in [5.41, 5.74) is 6.12. The summed E-state index contributed by atoms with van der Waals surface area (Å²) in [5.74, 6) is -1.17. The normalized spacial score (nSPS) is 11.0. The van der Waals surface area contributed by atoms with Crippen LogP contribution in [-0.2, 0) is 15.6 Å². The number of anilines is 1. The molecular formula is C14H11FN2O2S. The number of halogens is 1. The Kier molecular flexibility index (Phi) is 3.72. The average molecular weight is 290 g/mol. The largest absolute Gasteiger partial charge is 0.399 e. The minimum atomic E-state index is -3.65. The lowest BCUT2D eigenvalue weighted by Gasteiger charge is -2.06. The zero-order valence-electron chi connectivity index (χ0n) is 10.4. The van der Waals surface area contributed by atoms with Gasteiger partial charge in [-0.25, -0.2) is 12.8 Å². The van der Waals surface area contributed by atoms with E-state index in [4.69, 9.17) is 11.0 Å². The molecule has 2 aromatic carbocycles. The molecule has 4 nitrogen and oxygen atoms in total. The molecule has 0 spiro atoms. The Morgan fingerprint density at radius 3 is 2.35 bits per heavy atom. The summed E-state index contributed by atoms with van der Waals surface area (Å²) in [6.45, 7) is 0. The highest BCUT2D eigenvalue weighted by Gasteiger charge is 2.17. The van der Waals surface area contributed by atoms with E-state index < -0.39 is 21.4 Å². The van der Waals surface area contributed by atoms with Gasteiger partial charge < -0.3 is 5.73 Å². The van der Waals surface area contributed by atoms with Gasteiger partial charge in [0.1, 0.15) is 5.82 Å². The van der Waals surface area contributed by atoms with Gasteiger partial charge >= 0.3 is 0 Å². The van der Waals surface area contributed by atoms with Crippen LogP contribution in [0.1, 0.15) is 11.1 Å². The summed E-state index contributed by atoms with van der Waals surface area (Å²) in [4.78, 5) is 0.0791. The maximum Gasteiger partial charge on any atom is 0.182 e. The van der Waals surface area contributed by atoms with Crippen molar-refractivity contribution in [3.63, 3.8) is 0 Å². The molecule has 0 aliphatic heterocycles. The van der Waals surface area contributed by atoms with E-state index in [1.807, 2.05) is 0 Å². The van der Waals surface area contributed by atoms with Crippen LogP contribution in [0.2, 0.25) is 0 Å². The maximum absolute atomic E-state index is 13.7. The molecule has 102 valence electrons. The van der Waals surface area contributed by atoms with E-state index in [1.54, 1.807) is 6.07 Å². The van der Waals surface area contributed by atoms with Gasteiger partial charge in [0.25, 0.3) is 0 Å². The fourth-order valence-corrected chi connectivity index (χ4v) is 3.06. The molecule has 2 N–H and O–H groups in total. The lowest BCUT2D eigenvalue weighted by molar-refractivity contribution is 0.587. The molecule has 0 fully saturated rings. The second kappa shape index (κ2) is 5.31. The summed E-state index contributed by atoms with van der Waals surface area (Å²) in [7, 11) is -3.65. The monoisotopic (exact) mass is 290 g/mol. The van der Waals surface area contributed by atoms with Crippen molar-refractivity contribution in [3.8, 4) is 6.07 Å². The van der Waals surface area contributed by atoms with Gasteiger partial charge in [0.15, 0.2) is 9.84 Å². The summed E-state index contributed by atoms with van der Waals surface area (Å²) in [5, 5.41) is 8.64. The Morgan fingerprint density at radius 2 is 1.80 bits per heavy atom. The van der Waals surface area contributed by atoms with Gasteiger partial charge in [-0.3, -0.25) is 0 Å². The maximum atomic E-state index is 13.7. The highest BCUT2D eigenvalue weighted by atomic mass is 32.2. The molecule has 2 rings (SSSR count). The lowest BCUT2D eigenvalue weighted by Crippen LogP contribution is -2.06. The Balaban J connectivity index is 2.34. The number of sulfone groups is 1. The van der Waals surface area contributed by atoms with Crippen LogP contribution in [0.5, 0.6) is 0 Å². The van der Waals surface area contributed by atoms with Crippen molar-refractivity contribution in [2.45, 2.75) is 10.6 Å². The molecule has 0 bridgehead atoms. The van der Waals surface area contributed by atoms with Gasteiger partial charge in [0, 0.05) is 11.3 Å². The molecule has 20 heavy (non-hydrogen) atoms. The zero-order valence-corrected chi connectivity index (χ0v) is 11.2. The smallest absolute Gasteiger partial charge is 0.182 e. The van der Waals surface area contributed by atoms with Crippen LogP contribution in [0.25, 0.3) is 0 Å². The van der Waals surface area contributed by atoms with E-state index in [2.05, 4.69) is 0 Å². The van der Waals surface area contributed by atoms with Gasteiger partial charge in [-0.1, -0.05) is 6.07 Å². The van der Waals surface area contributed by atoms with Crippen molar-refractivity contribution in [2.75, 3.05) is 5.73 Å². The van der Waals surface area contributed by atoms with Crippen LogP contribution in [-0.4, -0.2) is 8.42 Å². The van der Waals surface area contributed by atoms with E-state index in [9.17, 15) is 12.8 Å². The molecule has 0 atom stereocenters.